The molecule has 0 aromatic rings. The van der Waals surface area contributed by atoms with E-state index in [0.29, 0.717) is 18.6 Å². The summed E-state index contributed by atoms with van der Waals surface area (Å²) >= 11 is 0. The van der Waals surface area contributed by atoms with Gasteiger partial charge in [-0.15, -0.1) is 0 Å². The van der Waals surface area contributed by atoms with E-state index in [1.165, 1.54) is 0 Å². The van der Waals surface area contributed by atoms with Crippen molar-refractivity contribution < 1.29 is 9.84 Å². The monoisotopic (exact) mass is 189 g/mol. The third-order valence-electron chi connectivity index (χ3n) is 2.58. The normalized spacial score (nSPS) is 18.2. The van der Waals surface area contributed by atoms with Gasteiger partial charge in [-0.3, -0.25) is 0 Å². The van der Waals surface area contributed by atoms with Crippen molar-refractivity contribution in [2.75, 3.05) is 20.3 Å². The van der Waals surface area contributed by atoms with Gasteiger partial charge in [-0.25, -0.2) is 0 Å². The van der Waals surface area contributed by atoms with Crippen LogP contribution in [0.2, 0.25) is 0 Å². The molecule has 3 heteroatoms. The minimum atomic E-state index is 0.0639. The van der Waals surface area contributed by atoms with Crippen LogP contribution in [-0.2, 0) is 4.74 Å². The van der Waals surface area contributed by atoms with Crippen LogP contribution in [0.1, 0.15) is 27.2 Å². The Morgan fingerprint density at radius 1 is 1.38 bits per heavy atom. The van der Waals surface area contributed by atoms with E-state index in [1.54, 1.807) is 7.11 Å². The van der Waals surface area contributed by atoms with E-state index < -0.39 is 0 Å². The fourth-order valence-corrected chi connectivity index (χ4v) is 1.24. The number of hydrogen-bond donors (Lipinski definition) is 2. The minimum absolute atomic E-state index is 0.0639. The number of rotatable bonds is 7. The molecule has 13 heavy (non-hydrogen) atoms. The summed E-state index contributed by atoms with van der Waals surface area (Å²) < 4.78 is 4.99. The van der Waals surface area contributed by atoms with Crippen LogP contribution in [0.4, 0.5) is 0 Å². The molecule has 0 amide bonds. The first kappa shape index (κ1) is 12.9. The molecule has 0 radical (unpaired) electrons. The molecule has 0 bridgehead atoms. The van der Waals surface area contributed by atoms with Crippen molar-refractivity contribution in [3.05, 3.63) is 0 Å². The van der Waals surface area contributed by atoms with E-state index in [2.05, 4.69) is 26.1 Å². The zero-order valence-electron chi connectivity index (χ0n) is 9.21. The molecule has 0 aromatic carbocycles. The first-order chi connectivity index (χ1) is 6.15. The number of ether oxygens (including phenoxy) is 1. The Kier molecular flexibility index (Phi) is 7.23. The molecule has 0 aliphatic rings. The first-order valence-corrected chi connectivity index (χ1v) is 5.01. The summed E-state index contributed by atoms with van der Waals surface area (Å²) in [7, 11) is 1.65. The highest BCUT2D eigenvalue weighted by atomic mass is 16.5. The maximum absolute atomic E-state index is 9.02. The molecule has 2 N–H and O–H groups in total. The van der Waals surface area contributed by atoms with Crippen LogP contribution in [0.25, 0.3) is 0 Å². The maximum Gasteiger partial charge on any atom is 0.0638 e. The number of aliphatic hydroxyl groups is 1. The zero-order chi connectivity index (χ0) is 10.3. The van der Waals surface area contributed by atoms with Crippen molar-refractivity contribution in [2.45, 2.75) is 39.3 Å². The quantitative estimate of drug-likeness (QED) is 0.628. The van der Waals surface area contributed by atoms with Crippen molar-refractivity contribution in [1.29, 1.82) is 0 Å². The van der Waals surface area contributed by atoms with Crippen LogP contribution in [0.5, 0.6) is 0 Å². The van der Waals surface area contributed by atoms with Crippen LogP contribution >= 0.6 is 0 Å². The summed E-state index contributed by atoms with van der Waals surface area (Å²) in [6.07, 6.45) is 1.15. The molecule has 0 fully saturated rings. The number of methoxy groups -OCH3 is 1. The average molecular weight is 189 g/mol. The van der Waals surface area contributed by atoms with E-state index in [4.69, 9.17) is 9.84 Å². The van der Waals surface area contributed by atoms with E-state index >= 15 is 0 Å². The standard InChI is InChI=1S/C10H23NO2/c1-5-8(2)9(3)11-10(6-12)7-13-4/h8-12H,5-7H2,1-4H3. The predicted octanol–water partition coefficient (Wildman–Crippen LogP) is 1.02. The molecule has 0 spiro atoms. The number of nitrogens with one attached hydrogen (secondary N) is 1. The second-order valence-corrected chi connectivity index (χ2v) is 3.68. The fourth-order valence-electron chi connectivity index (χ4n) is 1.24. The van der Waals surface area contributed by atoms with Gasteiger partial charge >= 0.3 is 0 Å². The summed E-state index contributed by atoms with van der Waals surface area (Å²) in [6.45, 7) is 7.23. The van der Waals surface area contributed by atoms with Crippen molar-refractivity contribution in [3.63, 3.8) is 0 Å². The lowest BCUT2D eigenvalue weighted by Gasteiger charge is -2.25. The molecule has 0 heterocycles. The molecule has 0 rings (SSSR count). The van der Waals surface area contributed by atoms with E-state index in [0.717, 1.165) is 6.42 Å². The lowest BCUT2D eigenvalue weighted by atomic mass is 10.0. The number of hydrogen-bond acceptors (Lipinski definition) is 3. The predicted molar refractivity (Wildman–Crippen MR) is 54.8 cm³/mol. The van der Waals surface area contributed by atoms with Crippen molar-refractivity contribution >= 4 is 0 Å². The van der Waals surface area contributed by atoms with Gasteiger partial charge in [-0.05, 0) is 12.8 Å². The summed E-state index contributed by atoms with van der Waals surface area (Å²) in [6, 6.07) is 0.492. The molecule has 80 valence electrons. The molecular formula is C10H23NO2. The fraction of sp³-hybridized carbons (Fsp3) is 1.00. The van der Waals surface area contributed by atoms with E-state index in [1.807, 2.05) is 0 Å². The largest absolute Gasteiger partial charge is 0.395 e. The van der Waals surface area contributed by atoms with Crippen LogP contribution in [0, 0.1) is 5.92 Å². The Hall–Kier alpha value is -0.120. The summed E-state index contributed by atoms with van der Waals surface area (Å²) in [5.74, 6) is 0.630. The zero-order valence-corrected chi connectivity index (χ0v) is 9.21. The van der Waals surface area contributed by atoms with E-state index in [-0.39, 0.29) is 12.6 Å². The number of aliphatic hydroxyl groups excluding tert-OH is 1. The van der Waals surface area contributed by atoms with Gasteiger partial charge in [-0.2, -0.15) is 0 Å². The Morgan fingerprint density at radius 3 is 2.38 bits per heavy atom. The SMILES string of the molecule is CCC(C)C(C)NC(CO)COC. The van der Waals surface area contributed by atoms with Gasteiger partial charge in [0.15, 0.2) is 0 Å². The van der Waals surface area contributed by atoms with Gasteiger partial charge in [0.2, 0.25) is 0 Å². The van der Waals surface area contributed by atoms with Crippen molar-refractivity contribution in [2.24, 2.45) is 5.92 Å². The highest BCUT2D eigenvalue weighted by molar-refractivity contribution is 4.73. The van der Waals surface area contributed by atoms with Gasteiger partial charge in [0, 0.05) is 13.2 Å². The van der Waals surface area contributed by atoms with Gasteiger partial charge in [0.25, 0.3) is 0 Å². The summed E-state index contributed by atoms with van der Waals surface area (Å²) in [5.41, 5.74) is 0. The second-order valence-electron chi connectivity index (χ2n) is 3.68. The molecule has 3 nitrogen and oxygen atoms in total. The molecule has 3 atom stereocenters. The Bertz CT molecular complexity index is 119. The highest BCUT2D eigenvalue weighted by Crippen LogP contribution is 2.07. The molecule has 0 aromatic heterocycles. The topological polar surface area (TPSA) is 41.5 Å². The summed E-state index contributed by atoms with van der Waals surface area (Å²) in [5, 5.41) is 12.4. The first-order valence-electron chi connectivity index (χ1n) is 5.01. The van der Waals surface area contributed by atoms with Crippen molar-refractivity contribution in [1.82, 2.24) is 5.32 Å². The lowest BCUT2D eigenvalue weighted by Crippen LogP contribution is -2.44. The van der Waals surface area contributed by atoms with Gasteiger partial charge in [0.1, 0.15) is 0 Å². The minimum Gasteiger partial charge on any atom is -0.395 e. The van der Waals surface area contributed by atoms with Crippen molar-refractivity contribution in [3.8, 4) is 0 Å². The lowest BCUT2D eigenvalue weighted by molar-refractivity contribution is 0.118. The van der Waals surface area contributed by atoms with Gasteiger partial charge in [0.05, 0.1) is 19.3 Å². The average Bonchev–Trinajstić information content (AvgIpc) is 2.15. The van der Waals surface area contributed by atoms with E-state index in [9.17, 15) is 0 Å². The molecular weight excluding hydrogens is 166 g/mol. The van der Waals surface area contributed by atoms with Gasteiger partial charge < -0.3 is 15.2 Å². The molecule has 0 saturated heterocycles. The van der Waals surface area contributed by atoms with Gasteiger partial charge in [-0.1, -0.05) is 20.3 Å². The molecule has 0 aliphatic carbocycles. The van der Waals surface area contributed by atoms with Crippen LogP contribution in [0.3, 0.4) is 0 Å². The smallest absolute Gasteiger partial charge is 0.0638 e. The molecule has 3 unspecified atom stereocenters. The van der Waals surface area contributed by atoms with Crippen LogP contribution in [-0.4, -0.2) is 37.5 Å². The second kappa shape index (κ2) is 7.30. The third-order valence-corrected chi connectivity index (χ3v) is 2.58. The molecule has 0 saturated carbocycles. The van der Waals surface area contributed by atoms with Crippen LogP contribution in [0.15, 0.2) is 0 Å². The van der Waals surface area contributed by atoms with Crippen LogP contribution < -0.4 is 5.32 Å². The Balaban J connectivity index is 3.78. The third kappa shape index (κ3) is 5.24. The highest BCUT2D eigenvalue weighted by Gasteiger charge is 2.14. The summed E-state index contributed by atoms with van der Waals surface area (Å²) in [4.78, 5) is 0. The maximum atomic E-state index is 9.02. The Morgan fingerprint density at radius 2 is 2.00 bits per heavy atom. The molecule has 0 aliphatic heterocycles. The Labute approximate surface area is 81.5 Å².